The summed E-state index contributed by atoms with van der Waals surface area (Å²) < 4.78 is 2.07. The Morgan fingerprint density at radius 3 is 2.88 bits per heavy atom. The zero-order valence-corrected chi connectivity index (χ0v) is 10.8. The Hall–Kier alpha value is -1.45. The highest BCUT2D eigenvalue weighted by Gasteiger charge is 2.11. The van der Waals surface area contributed by atoms with Crippen molar-refractivity contribution < 1.29 is 5.21 Å². The Kier molecular flexibility index (Phi) is 5.60. The molecule has 0 aliphatic carbocycles. The third-order valence-electron chi connectivity index (χ3n) is 3.20. The van der Waals surface area contributed by atoms with Gasteiger partial charge in [0.15, 0.2) is 5.84 Å². The smallest absolute Gasteiger partial charge is 0.186 e. The van der Waals surface area contributed by atoms with E-state index in [-0.39, 0.29) is 5.84 Å². The van der Waals surface area contributed by atoms with E-state index >= 15 is 0 Å². The normalized spacial score (nSPS) is 13.9. The molecule has 0 spiro atoms. The fourth-order valence-corrected chi connectivity index (χ4v) is 2.05. The second-order valence-corrected chi connectivity index (χ2v) is 4.45. The molecule has 0 aromatic carbocycles. The summed E-state index contributed by atoms with van der Waals surface area (Å²) in [5.74, 6) is 0.841. The SMILES string of the molecule is CCCCC(CC)Cn1cccc1/C(N)=N/O. The number of hydrogen-bond donors (Lipinski definition) is 2. The zero-order chi connectivity index (χ0) is 12.7. The van der Waals surface area contributed by atoms with Crippen LogP contribution in [0.15, 0.2) is 23.5 Å². The van der Waals surface area contributed by atoms with Crippen LogP contribution in [0.1, 0.15) is 45.2 Å². The number of aromatic nitrogens is 1. The lowest BCUT2D eigenvalue weighted by Gasteiger charge is -2.17. The summed E-state index contributed by atoms with van der Waals surface area (Å²) in [5, 5.41) is 11.8. The van der Waals surface area contributed by atoms with E-state index in [9.17, 15) is 0 Å². The molecule has 4 nitrogen and oxygen atoms in total. The molecule has 0 bridgehead atoms. The van der Waals surface area contributed by atoms with Crippen molar-refractivity contribution in [3.8, 4) is 0 Å². The van der Waals surface area contributed by atoms with E-state index in [1.54, 1.807) is 0 Å². The van der Waals surface area contributed by atoms with Crippen LogP contribution in [0.2, 0.25) is 0 Å². The molecule has 1 aromatic heterocycles. The molecule has 0 aliphatic rings. The maximum absolute atomic E-state index is 8.71. The fourth-order valence-electron chi connectivity index (χ4n) is 2.05. The lowest BCUT2D eigenvalue weighted by atomic mass is 9.99. The average Bonchev–Trinajstić information content (AvgIpc) is 2.81. The number of unbranched alkanes of at least 4 members (excludes halogenated alkanes) is 1. The van der Waals surface area contributed by atoms with Gasteiger partial charge >= 0.3 is 0 Å². The minimum atomic E-state index is 0.181. The number of hydrogen-bond acceptors (Lipinski definition) is 2. The first-order valence-electron chi connectivity index (χ1n) is 6.35. The number of oxime groups is 1. The van der Waals surface area contributed by atoms with Gasteiger partial charge in [0.05, 0.1) is 5.69 Å². The summed E-state index contributed by atoms with van der Waals surface area (Å²) in [7, 11) is 0. The van der Waals surface area contributed by atoms with Crippen LogP contribution in [0.25, 0.3) is 0 Å². The van der Waals surface area contributed by atoms with Crippen molar-refractivity contribution in [1.82, 2.24) is 4.57 Å². The monoisotopic (exact) mass is 237 g/mol. The topological polar surface area (TPSA) is 63.5 Å². The molecule has 96 valence electrons. The van der Waals surface area contributed by atoms with Crippen LogP contribution in [-0.2, 0) is 6.54 Å². The molecule has 0 aliphatic heterocycles. The summed E-state index contributed by atoms with van der Waals surface area (Å²) >= 11 is 0. The number of nitrogens with two attached hydrogens (primary N) is 1. The van der Waals surface area contributed by atoms with E-state index in [0.717, 1.165) is 18.7 Å². The van der Waals surface area contributed by atoms with Gasteiger partial charge in [-0.15, -0.1) is 0 Å². The zero-order valence-electron chi connectivity index (χ0n) is 10.8. The summed E-state index contributed by atoms with van der Waals surface area (Å²) in [6.45, 7) is 5.37. The van der Waals surface area contributed by atoms with Crippen molar-refractivity contribution in [3.63, 3.8) is 0 Å². The van der Waals surface area contributed by atoms with E-state index in [1.165, 1.54) is 19.3 Å². The van der Waals surface area contributed by atoms with E-state index in [2.05, 4.69) is 23.6 Å². The van der Waals surface area contributed by atoms with Gasteiger partial charge in [0.1, 0.15) is 0 Å². The Balaban J connectivity index is 2.69. The average molecular weight is 237 g/mol. The largest absolute Gasteiger partial charge is 0.409 e. The minimum absolute atomic E-state index is 0.181. The van der Waals surface area contributed by atoms with E-state index in [4.69, 9.17) is 10.9 Å². The van der Waals surface area contributed by atoms with Gasteiger partial charge in [-0.3, -0.25) is 0 Å². The maximum atomic E-state index is 8.71. The predicted octanol–water partition coefficient (Wildman–Crippen LogP) is 2.80. The second-order valence-electron chi connectivity index (χ2n) is 4.45. The minimum Gasteiger partial charge on any atom is -0.409 e. The van der Waals surface area contributed by atoms with Gasteiger partial charge in [-0.05, 0) is 24.5 Å². The standard InChI is InChI=1S/C13H23N3O/c1-3-5-7-11(4-2)10-16-9-6-8-12(16)13(14)15-17/h6,8-9,11,17H,3-5,7,10H2,1-2H3,(H2,14,15). The highest BCUT2D eigenvalue weighted by molar-refractivity contribution is 5.95. The number of rotatable bonds is 7. The first kappa shape index (κ1) is 13.6. The lowest BCUT2D eigenvalue weighted by molar-refractivity contribution is 0.318. The summed E-state index contributed by atoms with van der Waals surface area (Å²) in [5.41, 5.74) is 6.43. The summed E-state index contributed by atoms with van der Waals surface area (Å²) in [6.07, 6.45) is 6.88. The molecule has 17 heavy (non-hydrogen) atoms. The predicted molar refractivity (Wildman–Crippen MR) is 70.2 cm³/mol. The first-order valence-corrected chi connectivity index (χ1v) is 6.35. The Bertz CT molecular complexity index is 357. The molecule has 0 amide bonds. The van der Waals surface area contributed by atoms with Crippen LogP contribution < -0.4 is 5.73 Å². The molecule has 3 N–H and O–H groups in total. The summed E-state index contributed by atoms with van der Waals surface area (Å²) in [4.78, 5) is 0. The molecule has 1 heterocycles. The highest BCUT2D eigenvalue weighted by Crippen LogP contribution is 2.16. The van der Waals surface area contributed by atoms with Crippen molar-refractivity contribution in [1.29, 1.82) is 0 Å². The molecule has 0 saturated heterocycles. The van der Waals surface area contributed by atoms with Crippen molar-refractivity contribution in [2.75, 3.05) is 0 Å². The second kappa shape index (κ2) is 6.99. The molecule has 0 radical (unpaired) electrons. The number of amidine groups is 1. The first-order chi connectivity index (χ1) is 8.22. The summed E-state index contributed by atoms with van der Waals surface area (Å²) in [6, 6.07) is 3.81. The quantitative estimate of drug-likeness (QED) is 0.331. The van der Waals surface area contributed by atoms with Crippen LogP contribution in [0.3, 0.4) is 0 Å². The van der Waals surface area contributed by atoms with Crippen molar-refractivity contribution >= 4 is 5.84 Å². The Morgan fingerprint density at radius 1 is 1.53 bits per heavy atom. The van der Waals surface area contributed by atoms with Crippen LogP contribution in [0.4, 0.5) is 0 Å². The van der Waals surface area contributed by atoms with Gasteiger partial charge in [-0.1, -0.05) is 38.3 Å². The molecule has 1 aromatic rings. The highest BCUT2D eigenvalue weighted by atomic mass is 16.4. The van der Waals surface area contributed by atoms with E-state index < -0.39 is 0 Å². The van der Waals surface area contributed by atoms with Gasteiger partial charge in [-0.25, -0.2) is 0 Å². The molecule has 1 atom stereocenters. The lowest BCUT2D eigenvalue weighted by Crippen LogP contribution is -2.20. The van der Waals surface area contributed by atoms with Crippen molar-refractivity contribution in [3.05, 3.63) is 24.0 Å². The molecular formula is C13H23N3O. The van der Waals surface area contributed by atoms with E-state index in [1.807, 2.05) is 18.3 Å². The molecule has 0 fully saturated rings. The third kappa shape index (κ3) is 3.80. The van der Waals surface area contributed by atoms with E-state index in [0.29, 0.717) is 5.92 Å². The molecule has 0 saturated carbocycles. The van der Waals surface area contributed by atoms with Crippen molar-refractivity contribution in [2.24, 2.45) is 16.8 Å². The number of nitrogens with zero attached hydrogens (tertiary/aromatic N) is 2. The van der Waals surface area contributed by atoms with Crippen molar-refractivity contribution in [2.45, 2.75) is 46.1 Å². The fraction of sp³-hybridized carbons (Fsp3) is 0.615. The third-order valence-corrected chi connectivity index (χ3v) is 3.20. The van der Waals surface area contributed by atoms with Gasteiger partial charge in [0, 0.05) is 12.7 Å². The molecule has 1 rings (SSSR count). The van der Waals surface area contributed by atoms with Gasteiger partial charge in [0.2, 0.25) is 0 Å². The molecule has 1 unspecified atom stereocenters. The van der Waals surface area contributed by atoms with Crippen LogP contribution >= 0.6 is 0 Å². The Labute approximate surface area is 103 Å². The van der Waals surface area contributed by atoms with Crippen LogP contribution in [0, 0.1) is 5.92 Å². The van der Waals surface area contributed by atoms with Gasteiger partial charge < -0.3 is 15.5 Å². The molecular weight excluding hydrogens is 214 g/mol. The van der Waals surface area contributed by atoms with Crippen LogP contribution in [-0.4, -0.2) is 15.6 Å². The molecule has 4 heteroatoms. The van der Waals surface area contributed by atoms with Gasteiger partial charge in [0.25, 0.3) is 0 Å². The maximum Gasteiger partial charge on any atom is 0.186 e. The van der Waals surface area contributed by atoms with Gasteiger partial charge in [-0.2, -0.15) is 0 Å². The van der Waals surface area contributed by atoms with Crippen LogP contribution in [0.5, 0.6) is 0 Å². The Morgan fingerprint density at radius 2 is 2.29 bits per heavy atom.